The molecule has 0 aliphatic carbocycles. The summed E-state index contributed by atoms with van der Waals surface area (Å²) in [5, 5.41) is 1.35. The Balaban J connectivity index is 0.00000176. The number of aryl methyl sites for hydroxylation is 1. The van der Waals surface area contributed by atoms with Crippen molar-refractivity contribution in [3.05, 3.63) is 65.9 Å². The van der Waals surface area contributed by atoms with Crippen LogP contribution in [0.1, 0.15) is 24.5 Å². The van der Waals surface area contributed by atoms with Crippen LogP contribution in [0.3, 0.4) is 0 Å². The van der Waals surface area contributed by atoms with Crippen LogP contribution in [-0.4, -0.2) is 20.5 Å². The SMILES string of the molecule is CC(=O)CCc1cccc(C[n+]2cc3ccccc3[se]2)c1.[Br-]. The van der Waals surface area contributed by atoms with Gasteiger partial charge in [0.1, 0.15) is 0 Å². The van der Waals surface area contributed by atoms with Crippen molar-refractivity contribution in [2.24, 2.45) is 0 Å². The molecule has 2 aromatic carbocycles. The summed E-state index contributed by atoms with van der Waals surface area (Å²) in [7, 11) is 0. The Morgan fingerprint density at radius 3 is 2.64 bits per heavy atom. The van der Waals surface area contributed by atoms with Gasteiger partial charge in [0.05, 0.1) is 0 Å². The van der Waals surface area contributed by atoms with Crippen molar-refractivity contribution in [1.82, 2.24) is 0 Å². The van der Waals surface area contributed by atoms with Crippen LogP contribution in [0.15, 0.2) is 54.7 Å². The van der Waals surface area contributed by atoms with Gasteiger partial charge < -0.3 is 17.0 Å². The fraction of sp³-hybridized carbons (Fsp3) is 0.222. The summed E-state index contributed by atoms with van der Waals surface area (Å²) >= 11 is 0.381. The molecule has 3 rings (SSSR count). The molecule has 2 nitrogen and oxygen atoms in total. The predicted molar refractivity (Wildman–Crippen MR) is 85.6 cm³/mol. The van der Waals surface area contributed by atoms with Crippen molar-refractivity contribution in [2.45, 2.75) is 26.3 Å². The van der Waals surface area contributed by atoms with E-state index in [1.54, 1.807) is 6.92 Å². The van der Waals surface area contributed by atoms with Gasteiger partial charge in [-0.1, -0.05) is 0 Å². The van der Waals surface area contributed by atoms with Crippen molar-refractivity contribution in [3.63, 3.8) is 0 Å². The van der Waals surface area contributed by atoms with Crippen molar-refractivity contribution < 1.29 is 25.3 Å². The number of halogens is 1. The number of fused-ring (bicyclic) bond motifs is 1. The van der Waals surface area contributed by atoms with Gasteiger partial charge in [-0.3, -0.25) is 0 Å². The van der Waals surface area contributed by atoms with Crippen LogP contribution in [-0.2, 0) is 17.8 Å². The zero-order valence-electron chi connectivity index (χ0n) is 12.5. The normalized spacial score (nSPS) is 10.4. The van der Waals surface area contributed by atoms with Gasteiger partial charge in [-0.15, -0.1) is 0 Å². The molecule has 0 fully saturated rings. The summed E-state index contributed by atoms with van der Waals surface area (Å²) in [6.45, 7) is 2.60. The van der Waals surface area contributed by atoms with E-state index in [4.69, 9.17) is 0 Å². The van der Waals surface area contributed by atoms with E-state index in [0.717, 1.165) is 13.0 Å². The molecule has 1 heterocycles. The molecule has 4 heteroatoms. The minimum atomic E-state index is 0. The summed E-state index contributed by atoms with van der Waals surface area (Å²) in [5.74, 6) is 0.257. The molecule has 0 atom stereocenters. The Bertz CT molecular complexity index is 748. The number of rotatable bonds is 5. The molecule has 0 aliphatic rings. The van der Waals surface area contributed by atoms with Crippen LogP contribution in [0.25, 0.3) is 9.65 Å². The second-order valence-corrected chi connectivity index (χ2v) is 7.65. The van der Waals surface area contributed by atoms with Gasteiger partial charge in [0, 0.05) is 0 Å². The number of hydrogen-bond acceptors (Lipinski definition) is 1. The molecule has 0 saturated carbocycles. The topological polar surface area (TPSA) is 20.9 Å². The molecule has 0 aliphatic heterocycles. The molecule has 0 spiro atoms. The third-order valence-electron chi connectivity index (χ3n) is 3.51. The molecule has 22 heavy (non-hydrogen) atoms. The smallest absolute Gasteiger partial charge is 1.00 e. The summed E-state index contributed by atoms with van der Waals surface area (Å²) in [4.78, 5) is 11.1. The monoisotopic (exact) mass is 423 g/mol. The first-order valence-corrected chi connectivity index (χ1v) is 8.79. The van der Waals surface area contributed by atoms with Crippen LogP contribution < -0.4 is 20.5 Å². The van der Waals surface area contributed by atoms with Gasteiger partial charge >= 0.3 is 131 Å². The van der Waals surface area contributed by atoms with Crippen molar-refractivity contribution in [1.29, 1.82) is 0 Å². The van der Waals surface area contributed by atoms with Crippen LogP contribution in [0.2, 0.25) is 0 Å². The molecule has 0 radical (unpaired) electrons. The van der Waals surface area contributed by atoms with Gasteiger partial charge in [0.2, 0.25) is 0 Å². The number of nitrogens with zero attached hydrogens (tertiary/aromatic N) is 1. The van der Waals surface area contributed by atoms with Gasteiger partial charge in [-0.2, -0.15) is 0 Å². The van der Waals surface area contributed by atoms with E-state index in [0.29, 0.717) is 21.2 Å². The van der Waals surface area contributed by atoms with Gasteiger partial charge in [-0.05, 0) is 0 Å². The Kier molecular flexibility index (Phi) is 6.13. The molecule has 0 saturated heterocycles. The van der Waals surface area contributed by atoms with E-state index in [2.05, 4.69) is 58.3 Å². The quantitative estimate of drug-likeness (QED) is 0.520. The van der Waals surface area contributed by atoms with Crippen molar-refractivity contribution >= 4 is 30.2 Å². The molecule has 0 unspecified atom stereocenters. The molecule has 114 valence electrons. The average Bonchev–Trinajstić information content (AvgIpc) is 2.87. The van der Waals surface area contributed by atoms with E-state index < -0.39 is 0 Å². The van der Waals surface area contributed by atoms with Gasteiger partial charge in [0.25, 0.3) is 0 Å². The predicted octanol–water partition coefficient (Wildman–Crippen LogP) is -0.242. The third-order valence-corrected chi connectivity index (χ3v) is 5.69. The summed E-state index contributed by atoms with van der Waals surface area (Å²) in [5.41, 5.74) is 2.58. The maximum absolute atomic E-state index is 11.1. The van der Waals surface area contributed by atoms with Crippen LogP contribution >= 0.6 is 0 Å². The maximum atomic E-state index is 11.1. The number of hydrogen-bond donors (Lipinski definition) is 0. The number of ketones is 1. The molecule has 0 amide bonds. The Morgan fingerprint density at radius 1 is 1.09 bits per heavy atom. The third kappa shape index (κ3) is 4.39. The zero-order valence-corrected chi connectivity index (χ0v) is 15.8. The average molecular weight is 423 g/mol. The number of benzene rings is 2. The molecule has 0 bridgehead atoms. The van der Waals surface area contributed by atoms with E-state index >= 15 is 0 Å². The van der Waals surface area contributed by atoms with Gasteiger partial charge in [-0.25, -0.2) is 0 Å². The summed E-state index contributed by atoms with van der Waals surface area (Å²) < 4.78 is 3.86. The molecular formula is C18H18BrNOSe. The number of Topliss-reactive ketones (excluding diaryl/α,β-unsaturated/α-hetero) is 1. The standard InChI is InChI=1S/C18H18NOSe.BrH/c1-14(20)9-10-15-5-4-6-16(11-15)12-19-13-17-7-2-3-8-18(17)21-19;/h2-8,11,13H,9-10,12H2,1H3;1H/q+1;/p-1. The fourth-order valence-corrected chi connectivity index (χ4v) is 4.53. The molecule has 0 N–H and O–H groups in total. The summed E-state index contributed by atoms with van der Waals surface area (Å²) in [6.07, 6.45) is 3.74. The molecule has 3 aromatic rings. The van der Waals surface area contributed by atoms with E-state index in [1.807, 2.05) is 0 Å². The summed E-state index contributed by atoms with van der Waals surface area (Å²) in [6, 6.07) is 17.2. The van der Waals surface area contributed by atoms with E-state index in [-0.39, 0.29) is 22.8 Å². The first-order chi connectivity index (χ1) is 10.2. The Hall–Kier alpha value is -1.22. The number of carbonyl (C=O) groups is 1. The second-order valence-electron chi connectivity index (χ2n) is 5.36. The molecule has 1 aromatic heterocycles. The Labute approximate surface area is 147 Å². The van der Waals surface area contributed by atoms with E-state index in [1.165, 1.54) is 20.8 Å². The van der Waals surface area contributed by atoms with Crippen molar-refractivity contribution in [2.75, 3.05) is 0 Å². The first-order valence-electron chi connectivity index (χ1n) is 7.16. The van der Waals surface area contributed by atoms with Crippen LogP contribution in [0.4, 0.5) is 0 Å². The molecular weight excluding hydrogens is 405 g/mol. The zero-order chi connectivity index (χ0) is 14.7. The number of carbonyl (C=O) groups excluding carboxylic acids is 1. The first kappa shape index (κ1) is 17.1. The maximum Gasteiger partial charge on any atom is -1.00 e. The Morgan fingerprint density at radius 2 is 1.86 bits per heavy atom. The fourth-order valence-electron chi connectivity index (χ4n) is 2.44. The largest absolute Gasteiger partial charge is 1.00 e. The van der Waals surface area contributed by atoms with Crippen LogP contribution in [0.5, 0.6) is 0 Å². The van der Waals surface area contributed by atoms with E-state index in [9.17, 15) is 4.79 Å². The van der Waals surface area contributed by atoms with Gasteiger partial charge in [0.15, 0.2) is 0 Å². The minimum Gasteiger partial charge on any atom is -1.00 e. The van der Waals surface area contributed by atoms with Crippen molar-refractivity contribution in [3.8, 4) is 0 Å². The minimum absolute atomic E-state index is 0. The number of aromatic nitrogens is 1. The van der Waals surface area contributed by atoms with Crippen LogP contribution in [0, 0.1) is 0 Å². The second kappa shape index (κ2) is 7.87.